The van der Waals surface area contributed by atoms with Crippen molar-refractivity contribution in [2.75, 3.05) is 26.8 Å². The Kier molecular flexibility index (Phi) is 4.04. The van der Waals surface area contributed by atoms with Gasteiger partial charge in [-0.1, -0.05) is 6.07 Å². The fraction of sp³-hybridized carbons (Fsp3) is 0.438. The van der Waals surface area contributed by atoms with E-state index in [0.29, 0.717) is 30.7 Å². The van der Waals surface area contributed by atoms with Gasteiger partial charge in [0.2, 0.25) is 0 Å². The van der Waals surface area contributed by atoms with Crippen LogP contribution < -0.4 is 0 Å². The molecule has 1 atom stereocenters. The molecule has 122 valence electrons. The molecule has 0 spiro atoms. The molecule has 1 aliphatic heterocycles. The van der Waals surface area contributed by atoms with Crippen LogP contribution in [0, 0.1) is 5.41 Å². The minimum Gasteiger partial charge on any atom is -0.481 e. The number of carboxylic acid groups (broad SMARTS) is 1. The molecule has 23 heavy (non-hydrogen) atoms. The van der Waals surface area contributed by atoms with Gasteiger partial charge >= 0.3 is 5.97 Å². The van der Waals surface area contributed by atoms with Gasteiger partial charge in [-0.3, -0.25) is 9.59 Å². The number of aliphatic carboxylic acids is 1. The third kappa shape index (κ3) is 2.79. The zero-order chi connectivity index (χ0) is 16.4. The van der Waals surface area contributed by atoms with Gasteiger partial charge in [-0.2, -0.15) is 0 Å². The van der Waals surface area contributed by atoms with Crippen LogP contribution in [0.25, 0.3) is 5.65 Å². The molecule has 0 aliphatic carbocycles. The first-order valence-corrected chi connectivity index (χ1v) is 7.51. The second kappa shape index (κ2) is 6.00. The molecule has 1 amide bonds. The SMILES string of the molecule is COCC1(C(=O)O)CCCN(C(=O)c2cn3ccccc3n2)C1. The largest absolute Gasteiger partial charge is 0.481 e. The summed E-state index contributed by atoms with van der Waals surface area (Å²) in [5, 5.41) is 9.57. The highest BCUT2D eigenvalue weighted by molar-refractivity contribution is 5.93. The first kappa shape index (κ1) is 15.5. The molecular formula is C16H19N3O4. The van der Waals surface area contributed by atoms with Crippen LogP contribution in [0.5, 0.6) is 0 Å². The van der Waals surface area contributed by atoms with E-state index in [1.165, 1.54) is 7.11 Å². The van der Waals surface area contributed by atoms with Gasteiger partial charge in [-0.25, -0.2) is 4.98 Å². The van der Waals surface area contributed by atoms with Gasteiger partial charge in [0.05, 0.1) is 6.61 Å². The van der Waals surface area contributed by atoms with Gasteiger partial charge in [-0.05, 0) is 25.0 Å². The molecule has 0 saturated carbocycles. The van der Waals surface area contributed by atoms with Gasteiger partial charge in [0.15, 0.2) is 0 Å². The molecule has 3 rings (SSSR count). The van der Waals surface area contributed by atoms with E-state index in [1.54, 1.807) is 15.5 Å². The number of rotatable bonds is 4. The van der Waals surface area contributed by atoms with Crippen molar-refractivity contribution in [1.82, 2.24) is 14.3 Å². The molecule has 2 aromatic heterocycles. The van der Waals surface area contributed by atoms with Gasteiger partial charge in [0, 0.05) is 32.6 Å². The number of carboxylic acids is 1. The Labute approximate surface area is 133 Å². The number of pyridine rings is 1. The van der Waals surface area contributed by atoms with Crippen molar-refractivity contribution in [3.63, 3.8) is 0 Å². The van der Waals surface area contributed by atoms with E-state index in [0.717, 1.165) is 0 Å². The second-order valence-electron chi connectivity index (χ2n) is 5.94. The summed E-state index contributed by atoms with van der Waals surface area (Å²) in [7, 11) is 1.48. The Bertz CT molecular complexity index is 705. The van der Waals surface area contributed by atoms with E-state index in [1.807, 2.05) is 24.4 Å². The lowest BCUT2D eigenvalue weighted by Gasteiger charge is -2.39. The van der Waals surface area contributed by atoms with Gasteiger partial charge < -0.3 is 19.1 Å². The summed E-state index contributed by atoms with van der Waals surface area (Å²) in [6.07, 6.45) is 4.63. The molecule has 3 heterocycles. The molecule has 0 aromatic carbocycles. The fourth-order valence-corrected chi connectivity index (χ4v) is 3.14. The lowest BCUT2D eigenvalue weighted by atomic mass is 9.80. The first-order valence-electron chi connectivity index (χ1n) is 7.51. The molecule has 2 aromatic rings. The highest BCUT2D eigenvalue weighted by Crippen LogP contribution is 2.31. The maximum absolute atomic E-state index is 12.7. The summed E-state index contributed by atoms with van der Waals surface area (Å²) in [4.78, 5) is 30.3. The highest BCUT2D eigenvalue weighted by atomic mass is 16.5. The monoisotopic (exact) mass is 317 g/mol. The summed E-state index contributed by atoms with van der Waals surface area (Å²) < 4.78 is 6.86. The minimum atomic E-state index is -1.04. The zero-order valence-electron chi connectivity index (χ0n) is 12.9. The van der Waals surface area contributed by atoms with E-state index in [4.69, 9.17) is 4.74 Å². The van der Waals surface area contributed by atoms with Crippen LogP contribution in [0.3, 0.4) is 0 Å². The smallest absolute Gasteiger partial charge is 0.313 e. The van der Waals surface area contributed by atoms with Gasteiger partial charge in [0.25, 0.3) is 5.91 Å². The Morgan fingerprint density at radius 1 is 1.43 bits per heavy atom. The molecule has 1 aliphatic rings. The predicted molar refractivity (Wildman–Crippen MR) is 82.3 cm³/mol. The number of aromatic nitrogens is 2. The summed E-state index contributed by atoms with van der Waals surface area (Å²) >= 11 is 0. The number of piperidine rings is 1. The number of ether oxygens (including phenoxy) is 1. The zero-order valence-corrected chi connectivity index (χ0v) is 12.9. The molecule has 1 saturated heterocycles. The molecule has 1 fully saturated rings. The van der Waals surface area contributed by atoms with E-state index < -0.39 is 11.4 Å². The van der Waals surface area contributed by atoms with Crippen LogP contribution in [0.15, 0.2) is 30.6 Å². The standard InChI is InChI=1S/C16H19N3O4/c1-23-11-16(15(21)22)6-4-8-19(10-16)14(20)12-9-18-7-3-2-5-13(18)17-12/h2-3,5,7,9H,4,6,8,10-11H2,1H3,(H,21,22). The number of fused-ring (bicyclic) bond motifs is 1. The van der Waals surface area contributed by atoms with Gasteiger partial charge in [0.1, 0.15) is 16.8 Å². The number of carbonyl (C=O) groups is 2. The maximum atomic E-state index is 12.7. The van der Waals surface area contributed by atoms with Gasteiger partial charge in [-0.15, -0.1) is 0 Å². The lowest BCUT2D eigenvalue weighted by molar-refractivity contribution is -0.155. The number of nitrogens with zero attached hydrogens (tertiary/aromatic N) is 3. The van der Waals surface area contributed by atoms with Crippen molar-refractivity contribution in [1.29, 1.82) is 0 Å². The summed E-state index contributed by atoms with van der Waals surface area (Å²) in [5.74, 6) is -1.16. The van der Waals surface area contributed by atoms with Crippen molar-refractivity contribution in [2.45, 2.75) is 12.8 Å². The van der Waals surface area contributed by atoms with Crippen molar-refractivity contribution in [2.24, 2.45) is 5.41 Å². The van der Waals surface area contributed by atoms with E-state index in [9.17, 15) is 14.7 Å². The molecule has 1 unspecified atom stereocenters. The number of hydrogen-bond donors (Lipinski definition) is 1. The predicted octanol–water partition coefficient (Wildman–Crippen LogP) is 1.29. The van der Waals surface area contributed by atoms with Crippen molar-refractivity contribution in [3.05, 3.63) is 36.3 Å². The fourth-order valence-electron chi connectivity index (χ4n) is 3.14. The molecule has 1 N–H and O–H groups in total. The van der Waals surface area contributed by atoms with Crippen LogP contribution in [0.1, 0.15) is 23.3 Å². The first-order chi connectivity index (χ1) is 11.1. The number of imidazole rings is 1. The Morgan fingerprint density at radius 2 is 2.26 bits per heavy atom. The second-order valence-corrected chi connectivity index (χ2v) is 5.94. The molecule has 7 nitrogen and oxygen atoms in total. The third-order valence-corrected chi connectivity index (χ3v) is 4.32. The van der Waals surface area contributed by atoms with Crippen LogP contribution in [-0.4, -0.2) is 58.1 Å². The maximum Gasteiger partial charge on any atom is 0.313 e. The van der Waals surface area contributed by atoms with Crippen molar-refractivity contribution in [3.8, 4) is 0 Å². The van der Waals surface area contributed by atoms with Crippen LogP contribution in [0.2, 0.25) is 0 Å². The summed E-state index contributed by atoms with van der Waals surface area (Å²) in [6, 6.07) is 5.53. The minimum absolute atomic E-state index is 0.0945. The highest BCUT2D eigenvalue weighted by Gasteiger charge is 2.44. The Hall–Kier alpha value is -2.41. The molecule has 0 radical (unpaired) electrons. The average Bonchev–Trinajstić information content (AvgIpc) is 2.98. The van der Waals surface area contributed by atoms with E-state index in [2.05, 4.69) is 4.98 Å². The summed E-state index contributed by atoms with van der Waals surface area (Å²) in [6.45, 7) is 0.769. The Morgan fingerprint density at radius 3 is 2.96 bits per heavy atom. The van der Waals surface area contributed by atoms with E-state index >= 15 is 0 Å². The summed E-state index contributed by atoms with van der Waals surface area (Å²) in [5.41, 5.74) is -0.0222. The van der Waals surface area contributed by atoms with E-state index in [-0.39, 0.29) is 19.1 Å². The quantitative estimate of drug-likeness (QED) is 0.918. The topological polar surface area (TPSA) is 84.1 Å². The number of methoxy groups -OCH3 is 1. The number of hydrogen-bond acceptors (Lipinski definition) is 4. The van der Waals surface area contributed by atoms with Crippen molar-refractivity contribution < 1.29 is 19.4 Å². The lowest BCUT2D eigenvalue weighted by Crippen LogP contribution is -2.52. The Balaban J connectivity index is 1.85. The third-order valence-electron chi connectivity index (χ3n) is 4.32. The van der Waals surface area contributed by atoms with Crippen LogP contribution in [0.4, 0.5) is 0 Å². The van der Waals surface area contributed by atoms with Crippen LogP contribution in [-0.2, 0) is 9.53 Å². The average molecular weight is 317 g/mol. The molecule has 0 bridgehead atoms. The van der Waals surface area contributed by atoms with Crippen LogP contribution >= 0.6 is 0 Å². The molecule has 7 heteroatoms. The number of carbonyl (C=O) groups excluding carboxylic acids is 1. The molecular weight excluding hydrogens is 298 g/mol. The number of likely N-dealkylation sites (tertiary alicyclic amines) is 1. The normalized spacial score (nSPS) is 21.5. The van der Waals surface area contributed by atoms with Crippen molar-refractivity contribution >= 4 is 17.5 Å². The number of amides is 1.